The monoisotopic (exact) mass is 322 g/mol. The second-order valence-electron chi connectivity index (χ2n) is 4.83. The summed E-state index contributed by atoms with van der Waals surface area (Å²) in [7, 11) is 3.01. The lowest BCUT2D eigenvalue weighted by Crippen LogP contribution is -2.10. The third-order valence-corrected chi connectivity index (χ3v) is 3.46. The van der Waals surface area contributed by atoms with Crippen LogP contribution in [-0.2, 0) is 6.18 Å². The average molecular weight is 322 g/mol. The van der Waals surface area contributed by atoms with Gasteiger partial charge in [0.1, 0.15) is 11.3 Å². The van der Waals surface area contributed by atoms with Crippen molar-refractivity contribution < 1.29 is 22.6 Å². The maximum absolute atomic E-state index is 13.1. The van der Waals surface area contributed by atoms with Gasteiger partial charge in [-0.3, -0.25) is 4.40 Å². The Morgan fingerprint density at radius 3 is 2.39 bits per heavy atom. The van der Waals surface area contributed by atoms with Crippen molar-refractivity contribution in [3.8, 4) is 22.8 Å². The number of rotatable bonds is 3. The molecule has 0 saturated carbocycles. The molecular formula is C16H13F3N2O2. The van der Waals surface area contributed by atoms with Crippen molar-refractivity contribution in [1.82, 2.24) is 9.38 Å². The molecule has 0 amide bonds. The van der Waals surface area contributed by atoms with Gasteiger partial charge < -0.3 is 9.47 Å². The molecule has 0 radical (unpaired) electrons. The number of methoxy groups -OCH3 is 2. The van der Waals surface area contributed by atoms with E-state index in [0.717, 1.165) is 10.5 Å². The number of hydrogen-bond donors (Lipinski definition) is 0. The van der Waals surface area contributed by atoms with E-state index in [4.69, 9.17) is 9.47 Å². The molecule has 0 bridgehead atoms. The van der Waals surface area contributed by atoms with Gasteiger partial charge >= 0.3 is 6.18 Å². The Morgan fingerprint density at radius 2 is 1.74 bits per heavy atom. The Balaban J connectivity index is 2.15. The van der Waals surface area contributed by atoms with E-state index in [-0.39, 0.29) is 5.65 Å². The van der Waals surface area contributed by atoms with Crippen LogP contribution in [0.5, 0.6) is 11.5 Å². The number of pyridine rings is 1. The fourth-order valence-electron chi connectivity index (χ4n) is 2.38. The van der Waals surface area contributed by atoms with Crippen LogP contribution in [0, 0.1) is 0 Å². The number of nitrogens with zero attached hydrogens (tertiary/aromatic N) is 2. The summed E-state index contributed by atoms with van der Waals surface area (Å²) in [5, 5.41) is 0. The van der Waals surface area contributed by atoms with Crippen LogP contribution in [0.15, 0.2) is 42.6 Å². The first kappa shape index (κ1) is 15.2. The molecule has 0 atom stereocenters. The molecule has 0 spiro atoms. The summed E-state index contributed by atoms with van der Waals surface area (Å²) in [6, 6.07) is 8.96. The number of fused-ring (bicyclic) bond motifs is 1. The van der Waals surface area contributed by atoms with E-state index in [1.807, 2.05) is 0 Å². The minimum atomic E-state index is -4.45. The maximum atomic E-state index is 13.1. The highest BCUT2D eigenvalue weighted by Gasteiger charge is 2.33. The zero-order chi connectivity index (χ0) is 16.6. The molecule has 120 valence electrons. The molecule has 23 heavy (non-hydrogen) atoms. The van der Waals surface area contributed by atoms with Crippen molar-refractivity contribution >= 4 is 5.65 Å². The molecule has 2 heterocycles. The molecule has 0 unspecified atom stereocenters. The van der Waals surface area contributed by atoms with Gasteiger partial charge in [0.2, 0.25) is 0 Å². The van der Waals surface area contributed by atoms with Gasteiger partial charge in [0.15, 0.2) is 11.5 Å². The Morgan fingerprint density at radius 1 is 1.00 bits per heavy atom. The largest absolute Gasteiger partial charge is 0.493 e. The molecule has 3 rings (SSSR count). The highest BCUT2D eigenvalue weighted by atomic mass is 19.4. The van der Waals surface area contributed by atoms with E-state index >= 15 is 0 Å². The average Bonchev–Trinajstić information content (AvgIpc) is 2.97. The molecule has 1 aromatic carbocycles. The van der Waals surface area contributed by atoms with E-state index < -0.39 is 11.9 Å². The number of alkyl halides is 3. The zero-order valence-corrected chi connectivity index (χ0v) is 12.4. The van der Waals surface area contributed by atoms with Gasteiger partial charge in [-0.05, 0) is 30.3 Å². The highest BCUT2D eigenvalue weighted by Crippen LogP contribution is 2.34. The maximum Gasteiger partial charge on any atom is 0.431 e. The molecule has 0 N–H and O–H groups in total. The fraction of sp³-hybridized carbons (Fsp3) is 0.188. The molecular weight excluding hydrogens is 309 g/mol. The lowest BCUT2D eigenvalue weighted by Gasteiger charge is -2.08. The lowest BCUT2D eigenvalue weighted by atomic mass is 10.1. The summed E-state index contributed by atoms with van der Waals surface area (Å²) >= 11 is 0. The third-order valence-electron chi connectivity index (χ3n) is 3.46. The predicted molar refractivity (Wildman–Crippen MR) is 78.7 cm³/mol. The van der Waals surface area contributed by atoms with Crippen LogP contribution in [0.2, 0.25) is 0 Å². The molecule has 0 saturated heterocycles. The first-order valence-corrected chi connectivity index (χ1v) is 6.72. The van der Waals surface area contributed by atoms with Crippen LogP contribution in [0.25, 0.3) is 16.9 Å². The molecule has 0 aliphatic carbocycles. The molecule has 7 heteroatoms. The van der Waals surface area contributed by atoms with Gasteiger partial charge in [-0.2, -0.15) is 13.2 Å². The second-order valence-corrected chi connectivity index (χ2v) is 4.83. The summed E-state index contributed by atoms with van der Waals surface area (Å²) in [5.41, 5.74) is 0.515. The Kier molecular flexibility index (Phi) is 3.63. The summed E-state index contributed by atoms with van der Waals surface area (Å²) < 4.78 is 50.6. The van der Waals surface area contributed by atoms with Crippen LogP contribution >= 0.6 is 0 Å². The standard InChI is InChI=1S/C16H13F3N2O2/c1-22-12-7-6-10(8-13(12)23-2)11-9-21-14(16(17,18)19)4-3-5-15(21)20-11/h3-9H,1-2H3. The van der Waals surface area contributed by atoms with Crippen molar-refractivity contribution in [3.05, 3.63) is 48.3 Å². The molecule has 4 nitrogen and oxygen atoms in total. The number of aromatic nitrogens is 2. The molecule has 0 aliphatic rings. The van der Waals surface area contributed by atoms with Crippen LogP contribution in [-0.4, -0.2) is 23.6 Å². The second kappa shape index (κ2) is 5.49. The van der Waals surface area contributed by atoms with Gasteiger partial charge in [-0.25, -0.2) is 4.98 Å². The lowest BCUT2D eigenvalue weighted by molar-refractivity contribution is -0.142. The normalized spacial score (nSPS) is 11.7. The number of imidazole rings is 1. The number of halogens is 3. The summed E-state index contributed by atoms with van der Waals surface area (Å²) in [4.78, 5) is 4.25. The van der Waals surface area contributed by atoms with Crippen LogP contribution < -0.4 is 9.47 Å². The van der Waals surface area contributed by atoms with Crippen molar-refractivity contribution in [3.63, 3.8) is 0 Å². The van der Waals surface area contributed by atoms with Gasteiger partial charge in [0, 0.05) is 11.8 Å². The van der Waals surface area contributed by atoms with E-state index in [2.05, 4.69) is 4.98 Å². The minimum Gasteiger partial charge on any atom is -0.493 e. The third kappa shape index (κ3) is 2.69. The molecule has 0 aliphatic heterocycles. The van der Waals surface area contributed by atoms with E-state index in [1.165, 1.54) is 32.5 Å². The first-order chi connectivity index (χ1) is 10.9. The summed E-state index contributed by atoms with van der Waals surface area (Å²) in [5.74, 6) is 1.02. The smallest absolute Gasteiger partial charge is 0.431 e. The number of benzene rings is 1. The van der Waals surface area contributed by atoms with Crippen molar-refractivity contribution in [2.45, 2.75) is 6.18 Å². The molecule has 2 aromatic heterocycles. The topological polar surface area (TPSA) is 35.8 Å². The summed E-state index contributed by atoms with van der Waals surface area (Å²) in [6.07, 6.45) is -3.09. The number of ether oxygens (including phenoxy) is 2. The van der Waals surface area contributed by atoms with Gasteiger partial charge in [0.05, 0.1) is 19.9 Å². The van der Waals surface area contributed by atoms with E-state index in [1.54, 1.807) is 18.2 Å². The highest BCUT2D eigenvalue weighted by molar-refractivity contribution is 5.66. The van der Waals surface area contributed by atoms with Crippen LogP contribution in [0.3, 0.4) is 0 Å². The van der Waals surface area contributed by atoms with Crippen molar-refractivity contribution in [1.29, 1.82) is 0 Å². The van der Waals surface area contributed by atoms with E-state index in [9.17, 15) is 13.2 Å². The molecule has 0 fully saturated rings. The van der Waals surface area contributed by atoms with Gasteiger partial charge in [-0.15, -0.1) is 0 Å². The zero-order valence-electron chi connectivity index (χ0n) is 12.4. The Bertz CT molecular complexity index is 856. The van der Waals surface area contributed by atoms with Crippen LogP contribution in [0.4, 0.5) is 13.2 Å². The Labute approximate surface area is 130 Å². The quantitative estimate of drug-likeness (QED) is 0.730. The van der Waals surface area contributed by atoms with Gasteiger partial charge in [0.25, 0.3) is 0 Å². The predicted octanol–water partition coefficient (Wildman–Crippen LogP) is 4.04. The summed E-state index contributed by atoms with van der Waals surface area (Å²) in [6.45, 7) is 0. The number of hydrogen-bond acceptors (Lipinski definition) is 3. The first-order valence-electron chi connectivity index (χ1n) is 6.72. The fourth-order valence-corrected chi connectivity index (χ4v) is 2.38. The van der Waals surface area contributed by atoms with E-state index in [0.29, 0.717) is 22.8 Å². The van der Waals surface area contributed by atoms with Gasteiger partial charge in [-0.1, -0.05) is 6.07 Å². The molecule has 3 aromatic rings. The minimum absolute atomic E-state index is 0.226. The van der Waals surface area contributed by atoms with Crippen LogP contribution in [0.1, 0.15) is 5.69 Å². The SMILES string of the molecule is COc1ccc(-c2cn3c(C(F)(F)F)cccc3n2)cc1OC. The Hall–Kier alpha value is -2.70. The van der Waals surface area contributed by atoms with Crippen molar-refractivity contribution in [2.75, 3.05) is 14.2 Å². The van der Waals surface area contributed by atoms with Crippen molar-refractivity contribution in [2.24, 2.45) is 0 Å².